The Bertz CT molecular complexity index is 871. The van der Waals surface area contributed by atoms with Gasteiger partial charge in [0.05, 0.1) is 11.1 Å². The molecule has 106 valence electrons. The minimum Gasteiger partial charge on any atom is -0.478 e. The smallest absolute Gasteiger partial charge is 0.338 e. The van der Waals surface area contributed by atoms with Crippen molar-refractivity contribution in [3.05, 3.63) is 53.1 Å². The molecule has 0 fully saturated rings. The topological polar surface area (TPSA) is 66.0 Å². The van der Waals surface area contributed by atoms with Gasteiger partial charge in [0.25, 0.3) is 0 Å². The molecule has 0 atom stereocenters. The fourth-order valence-electron chi connectivity index (χ4n) is 2.22. The predicted octanol–water partition coefficient (Wildman–Crippen LogP) is 3.51. The highest BCUT2D eigenvalue weighted by atomic mass is 19.1. The summed E-state index contributed by atoms with van der Waals surface area (Å²) in [4.78, 5) is 18.2. The Morgan fingerprint density at radius 2 is 1.95 bits per heavy atom. The van der Waals surface area contributed by atoms with Crippen LogP contribution in [-0.4, -0.2) is 21.0 Å². The number of imidazole rings is 1. The van der Waals surface area contributed by atoms with Gasteiger partial charge in [0.1, 0.15) is 23.0 Å². The Balaban J connectivity index is 2.28. The van der Waals surface area contributed by atoms with Crippen LogP contribution in [0.1, 0.15) is 15.9 Å². The fourth-order valence-corrected chi connectivity index (χ4v) is 2.22. The van der Waals surface area contributed by atoms with Gasteiger partial charge in [-0.15, -0.1) is 0 Å². The van der Waals surface area contributed by atoms with E-state index in [2.05, 4.69) is 9.97 Å². The number of aromatic amines is 1. The summed E-state index contributed by atoms with van der Waals surface area (Å²) in [6.45, 7) is 1.78. The molecule has 0 unspecified atom stereocenters. The number of aromatic carboxylic acids is 1. The molecule has 1 aromatic heterocycles. The van der Waals surface area contributed by atoms with Crippen molar-refractivity contribution in [2.45, 2.75) is 6.92 Å². The van der Waals surface area contributed by atoms with Crippen molar-refractivity contribution >= 4 is 17.0 Å². The molecular formula is C15H10F2N2O2. The maximum absolute atomic E-state index is 13.4. The lowest BCUT2D eigenvalue weighted by molar-refractivity contribution is 0.0698. The average Bonchev–Trinajstić information content (AvgIpc) is 2.83. The highest BCUT2D eigenvalue weighted by molar-refractivity contribution is 6.01. The minimum absolute atomic E-state index is 0.141. The normalized spacial score (nSPS) is 11.0. The van der Waals surface area contributed by atoms with Crippen LogP contribution in [-0.2, 0) is 0 Å². The van der Waals surface area contributed by atoms with Gasteiger partial charge in [-0.25, -0.2) is 18.6 Å². The summed E-state index contributed by atoms with van der Waals surface area (Å²) < 4.78 is 26.8. The summed E-state index contributed by atoms with van der Waals surface area (Å²) in [5.74, 6) is -2.07. The Hall–Kier alpha value is -2.76. The van der Waals surface area contributed by atoms with Gasteiger partial charge in [0.15, 0.2) is 0 Å². The number of halogens is 2. The second kappa shape index (κ2) is 4.66. The number of carboxylic acids is 1. The Labute approximate surface area is 118 Å². The van der Waals surface area contributed by atoms with Crippen molar-refractivity contribution in [2.75, 3.05) is 0 Å². The molecule has 0 saturated heterocycles. The maximum Gasteiger partial charge on any atom is 0.338 e. The van der Waals surface area contributed by atoms with E-state index in [0.717, 1.165) is 17.7 Å². The number of fused-ring (bicyclic) bond motifs is 1. The number of nitrogens with one attached hydrogen (secondary N) is 1. The molecule has 4 nitrogen and oxygen atoms in total. The third-order valence-electron chi connectivity index (χ3n) is 3.24. The summed E-state index contributed by atoms with van der Waals surface area (Å²) in [5.41, 5.74) is 1.44. The van der Waals surface area contributed by atoms with E-state index in [4.69, 9.17) is 5.11 Å². The van der Waals surface area contributed by atoms with Crippen LogP contribution in [0.2, 0.25) is 0 Å². The Kier molecular flexibility index (Phi) is 2.94. The molecule has 6 heteroatoms. The number of H-pyrrole nitrogens is 1. The van der Waals surface area contributed by atoms with Crippen LogP contribution in [0.4, 0.5) is 8.78 Å². The van der Waals surface area contributed by atoms with Crippen LogP contribution in [0.5, 0.6) is 0 Å². The van der Waals surface area contributed by atoms with Crippen molar-refractivity contribution in [1.82, 2.24) is 9.97 Å². The molecule has 0 aliphatic heterocycles. The first kappa shape index (κ1) is 13.2. The number of hydrogen-bond donors (Lipinski definition) is 2. The van der Waals surface area contributed by atoms with Crippen molar-refractivity contribution < 1.29 is 18.7 Å². The quantitative estimate of drug-likeness (QED) is 0.758. The second-order valence-corrected chi connectivity index (χ2v) is 4.70. The van der Waals surface area contributed by atoms with Crippen molar-refractivity contribution in [1.29, 1.82) is 0 Å². The zero-order chi connectivity index (χ0) is 15.1. The number of rotatable bonds is 2. The van der Waals surface area contributed by atoms with Crippen LogP contribution >= 0.6 is 0 Å². The first-order valence-electron chi connectivity index (χ1n) is 6.15. The largest absolute Gasteiger partial charge is 0.478 e. The van der Waals surface area contributed by atoms with Crippen LogP contribution in [0, 0.1) is 18.6 Å². The summed E-state index contributed by atoms with van der Waals surface area (Å²) in [6.07, 6.45) is 0. The Morgan fingerprint density at radius 3 is 2.67 bits per heavy atom. The summed E-state index contributed by atoms with van der Waals surface area (Å²) in [6, 6.07) is 6.28. The summed E-state index contributed by atoms with van der Waals surface area (Å²) in [5, 5.41) is 9.11. The van der Waals surface area contributed by atoms with E-state index in [9.17, 15) is 13.6 Å². The van der Waals surface area contributed by atoms with Gasteiger partial charge >= 0.3 is 5.97 Å². The SMILES string of the molecule is Cc1ccc(F)cc1-c1nc2c(C(=O)O)cc(F)cc2[nH]1. The van der Waals surface area contributed by atoms with Gasteiger partial charge < -0.3 is 10.1 Å². The molecule has 0 amide bonds. The average molecular weight is 288 g/mol. The van der Waals surface area contributed by atoms with E-state index in [1.807, 2.05) is 0 Å². The monoisotopic (exact) mass is 288 g/mol. The van der Waals surface area contributed by atoms with Gasteiger partial charge in [0.2, 0.25) is 0 Å². The van der Waals surface area contributed by atoms with E-state index in [-0.39, 0.29) is 16.6 Å². The van der Waals surface area contributed by atoms with Crippen molar-refractivity contribution in [3.63, 3.8) is 0 Å². The fraction of sp³-hybridized carbons (Fsp3) is 0.0667. The first-order valence-corrected chi connectivity index (χ1v) is 6.15. The van der Waals surface area contributed by atoms with E-state index in [0.29, 0.717) is 11.4 Å². The second-order valence-electron chi connectivity index (χ2n) is 4.70. The molecule has 2 aromatic carbocycles. The Morgan fingerprint density at radius 1 is 1.19 bits per heavy atom. The maximum atomic E-state index is 13.4. The third kappa shape index (κ3) is 2.24. The molecular weight excluding hydrogens is 278 g/mol. The standard InChI is InChI=1S/C15H10F2N2O2/c1-7-2-3-8(16)4-10(7)14-18-12-6-9(17)5-11(15(20)21)13(12)19-14/h2-6H,1H3,(H,18,19)(H,20,21). The molecule has 3 rings (SSSR count). The van der Waals surface area contributed by atoms with Gasteiger partial charge in [-0.2, -0.15) is 0 Å². The van der Waals surface area contributed by atoms with Gasteiger partial charge in [-0.05, 0) is 36.8 Å². The van der Waals surface area contributed by atoms with Gasteiger partial charge in [-0.1, -0.05) is 6.07 Å². The molecule has 0 bridgehead atoms. The lowest BCUT2D eigenvalue weighted by atomic mass is 10.1. The highest BCUT2D eigenvalue weighted by Crippen LogP contribution is 2.26. The van der Waals surface area contributed by atoms with E-state index in [1.54, 1.807) is 13.0 Å². The van der Waals surface area contributed by atoms with E-state index >= 15 is 0 Å². The summed E-state index contributed by atoms with van der Waals surface area (Å²) in [7, 11) is 0. The molecule has 1 heterocycles. The number of carboxylic acid groups (broad SMARTS) is 1. The number of carbonyl (C=O) groups is 1. The zero-order valence-electron chi connectivity index (χ0n) is 10.9. The van der Waals surface area contributed by atoms with Gasteiger partial charge in [-0.3, -0.25) is 0 Å². The number of aromatic nitrogens is 2. The van der Waals surface area contributed by atoms with E-state index < -0.39 is 17.6 Å². The number of hydrogen-bond acceptors (Lipinski definition) is 2. The molecule has 0 aliphatic carbocycles. The minimum atomic E-state index is -1.27. The van der Waals surface area contributed by atoms with Gasteiger partial charge in [0, 0.05) is 5.56 Å². The number of nitrogens with zero attached hydrogens (tertiary/aromatic N) is 1. The highest BCUT2D eigenvalue weighted by Gasteiger charge is 2.16. The molecule has 0 radical (unpaired) electrons. The van der Waals surface area contributed by atoms with Crippen molar-refractivity contribution in [2.24, 2.45) is 0 Å². The molecule has 0 spiro atoms. The molecule has 2 N–H and O–H groups in total. The van der Waals surface area contributed by atoms with Crippen LogP contribution < -0.4 is 0 Å². The lowest BCUT2D eigenvalue weighted by Crippen LogP contribution is -1.98. The molecule has 21 heavy (non-hydrogen) atoms. The molecule has 0 aliphatic rings. The molecule has 3 aromatic rings. The number of benzene rings is 2. The van der Waals surface area contributed by atoms with Crippen LogP contribution in [0.3, 0.4) is 0 Å². The third-order valence-corrected chi connectivity index (χ3v) is 3.24. The van der Waals surface area contributed by atoms with Crippen molar-refractivity contribution in [3.8, 4) is 11.4 Å². The van der Waals surface area contributed by atoms with Crippen LogP contribution in [0.25, 0.3) is 22.4 Å². The van der Waals surface area contributed by atoms with E-state index in [1.165, 1.54) is 12.1 Å². The predicted molar refractivity (Wildman–Crippen MR) is 73.1 cm³/mol. The lowest BCUT2D eigenvalue weighted by Gasteiger charge is -2.01. The zero-order valence-corrected chi connectivity index (χ0v) is 10.9. The molecule has 0 saturated carbocycles. The number of aryl methyl sites for hydroxylation is 1. The summed E-state index contributed by atoms with van der Waals surface area (Å²) >= 11 is 0. The van der Waals surface area contributed by atoms with Crippen LogP contribution in [0.15, 0.2) is 30.3 Å². The first-order chi connectivity index (χ1) is 9.95.